The second kappa shape index (κ2) is 9.69. The van der Waals surface area contributed by atoms with E-state index < -0.39 is 0 Å². The molecule has 0 amide bonds. The normalized spacial score (nSPS) is 36.1. The minimum absolute atomic E-state index is 0.150. The van der Waals surface area contributed by atoms with Crippen molar-refractivity contribution in [3.63, 3.8) is 0 Å². The lowest BCUT2D eigenvalue weighted by atomic mass is 9.83. The quantitative estimate of drug-likeness (QED) is 0.436. The minimum atomic E-state index is 0.150. The van der Waals surface area contributed by atoms with Gasteiger partial charge in [-0.25, -0.2) is 0 Å². The molecule has 2 unspecified atom stereocenters. The van der Waals surface area contributed by atoms with Crippen LogP contribution in [-0.4, -0.2) is 83.9 Å². The average Bonchev–Trinajstić information content (AvgIpc) is 3.64. The Bertz CT molecular complexity index is 1180. The topological polar surface area (TPSA) is 109 Å². The van der Waals surface area contributed by atoms with Crippen LogP contribution in [0.2, 0.25) is 0 Å². The Hall–Kier alpha value is -3.24. The Labute approximate surface area is 236 Å². The van der Waals surface area contributed by atoms with Gasteiger partial charge in [0.05, 0.1) is 24.2 Å². The summed E-state index contributed by atoms with van der Waals surface area (Å²) < 4.78 is 1.62. The van der Waals surface area contributed by atoms with Gasteiger partial charge in [0.25, 0.3) is 0 Å². The highest BCUT2D eigenvalue weighted by Crippen LogP contribution is 2.42. The Balaban J connectivity index is 0.000000132. The number of nitrogens with zero attached hydrogens (tertiary/aromatic N) is 6. The molecule has 40 heavy (non-hydrogen) atoms. The molecule has 0 saturated carbocycles. The van der Waals surface area contributed by atoms with E-state index in [0.29, 0.717) is 24.2 Å². The third-order valence-electron chi connectivity index (χ3n) is 10.5. The number of rotatable bonds is 2. The van der Waals surface area contributed by atoms with Gasteiger partial charge in [-0.1, -0.05) is 0 Å². The van der Waals surface area contributed by atoms with E-state index in [1.165, 1.54) is 76.2 Å². The molecule has 10 nitrogen and oxygen atoms in total. The number of aliphatic imine (C=N–C) groups is 2. The summed E-state index contributed by atoms with van der Waals surface area (Å²) in [5, 5.41) is 29.6. The van der Waals surface area contributed by atoms with Gasteiger partial charge in [-0.05, 0) is 65.5 Å². The maximum atomic E-state index is 11.1. The summed E-state index contributed by atoms with van der Waals surface area (Å²) >= 11 is 0. The Morgan fingerprint density at radius 3 is 1.30 bits per heavy atom. The second-order valence-electron chi connectivity index (χ2n) is 13.0. The van der Waals surface area contributed by atoms with Gasteiger partial charge in [-0.15, -0.1) is 0 Å². The molecule has 2 aromatic heterocycles. The SMILES string of the molecule is CN1[C@@H]2CC[C@H]1CC1(CN=C(c3cc[n+]([O-])cc3)N1)C2.CN1[C@@H]2CC[C@H]1CC1(CN=C(c3cc[n+]([O-])cc3)N1)C2. The fourth-order valence-corrected chi connectivity index (χ4v) is 8.19. The van der Waals surface area contributed by atoms with Gasteiger partial charge >= 0.3 is 0 Å². The summed E-state index contributed by atoms with van der Waals surface area (Å²) in [6.07, 6.45) is 16.1. The first-order chi connectivity index (χ1) is 19.3. The van der Waals surface area contributed by atoms with E-state index in [9.17, 15) is 10.4 Å². The van der Waals surface area contributed by atoms with Crippen LogP contribution in [0, 0.1) is 10.4 Å². The highest BCUT2D eigenvalue weighted by molar-refractivity contribution is 6.00. The molecular formula is C30H40N8O2. The molecule has 8 heterocycles. The van der Waals surface area contributed by atoms with Crippen LogP contribution in [0.5, 0.6) is 0 Å². The van der Waals surface area contributed by atoms with Crippen molar-refractivity contribution in [3.05, 3.63) is 70.6 Å². The van der Waals surface area contributed by atoms with Crippen LogP contribution < -0.4 is 20.1 Å². The molecule has 2 spiro atoms. The lowest BCUT2D eigenvalue weighted by molar-refractivity contribution is -0.605. The summed E-state index contributed by atoms with van der Waals surface area (Å²) in [4.78, 5) is 14.5. The average molecular weight is 545 g/mol. The summed E-state index contributed by atoms with van der Waals surface area (Å²) in [5.74, 6) is 1.91. The molecule has 4 bridgehead atoms. The number of fused-ring (bicyclic) bond motifs is 4. The van der Waals surface area contributed by atoms with Crippen molar-refractivity contribution in [2.24, 2.45) is 9.98 Å². The van der Waals surface area contributed by atoms with Gasteiger partial charge in [0, 0.05) is 59.6 Å². The van der Waals surface area contributed by atoms with Crippen LogP contribution in [0.25, 0.3) is 0 Å². The second-order valence-corrected chi connectivity index (χ2v) is 13.0. The van der Waals surface area contributed by atoms with E-state index in [-0.39, 0.29) is 11.1 Å². The molecule has 212 valence electrons. The molecule has 4 saturated heterocycles. The highest BCUT2D eigenvalue weighted by Gasteiger charge is 2.50. The first-order valence-corrected chi connectivity index (χ1v) is 14.8. The molecular weight excluding hydrogens is 504 g/mol. The van der Waals surface area contributed by atoms with E-state index in [4.69, 9.17) is 9.98 Å². The van der Waals surface area contributed by atoms with E-state index in [0.717, 1.165) is 45.3 Å². The zero-order valence-electron chi connectivity index (χ0n) is 23.5. The van der Waals surface area contributed by atoms with Crippen LogP contribution in [0.4, 0.5) is 0 Å². The van der Waals surface area contributed by atoms with Crippen molar-refractivity contribution in [1.29, 1.82) is 0 Å². The molecule has 4 fully saturated rings. The van der Waals surface area contributed by atoms with Gasteiger partial charge in [0.1, 0.15) is 11.7 Å². The smallest absolute Gasteiger partial charge is 0.181 e. The number of piperidine rings is 2. The lowest BCUT2D eigenvalue weighted by Crippen LogP contribution is -2.57. The number of hydrogen-bond acceptors (Lipinski definition) is 8. The van der Waals surface area contributed by atoms with E-state index in [1.54, 1.807) is 0 Å². The van der Waals surface area contributed by atoms with Crippen molar-refractivity contribution in [3.8, 4) is 0 Å². The van der Waals surface area contributed by atoms with Crippen LogP contribution in [0.1, 0.15) is 62.5 Å². The van der Waals surface area contributed by atoms with Gasteiger partial charge in [0.2, 0.25) is 0 Å². The summed E-state index contributed by atoms with van der Waals surface area (Å²) in [6, 6.07) is 10.2. The number of pyridine rings is 2. The molecule has 2 N–H and O–H groups in total. The van der Waals surface area contributed by atoms with Gasteiger partial charge in [0.15, 0.2) is 24.8 Å². The molecule has 6 aliphatic heterocycles. The van der Waals surface area contributed by atoms with Crippen molar-refractivity contribution in [2.75, 3.05) is 27.2 Å². The maximum Gasteiger partial charge on any atom is 0.181 e. The number of hydrogen-bond donors (Lipinski definition) is 2. The van der Waals surface area contributed by atoms with E-state index in [1.807, 2.05) is 24.3 Å². The Morgan fingerprint density at radius 2 is 0.975 bits per heavy atom. The zero-order valence-corrected chi connectivity index (χ0v) is 23.5. The molecule has 0 aromatic carbocycles. The largest absolute Gasteiger partial charge is 0.619 e. The minimum Gasteiger partial charge on any atom is -0.619 e. The van der Waals surface area contributed by atoms with Crippen molar-refractivity contribution in [2.45, 2.75) is 86.6 Å². The van der Waals surface area contributed by atoms with Crippen LogP contribution >= 0.6 is 0 Å². The Kier molecular flexibility index (Phi) is 6.23. The van der Waals surface area contributed by atoms with E-state index in [2.05, 4.69) is 34.5 Å². The number of amidine groups is 2. The third-order valence-corrected chi connectivity index (χ3v) is 10.5. The first kappa shape index (κ1) is 25.7. The molecule has 6 aliphatic rings. The van der Waals surface area contributed by atoms with Crippen LogP contribution in [0.3, 0.4) is 0 Å². The maximum absolute atomic E-state index is 11.1. The van der Waals surface area contributed by atoms with Gasteiger partial charge in [-0.2, -0.15) is 9.46 Å². The zero-order chi connectivity index (χ0) is 27.5. The molecule has 8 rings (SSSR count). The van der Waals surface area contributed by atoms with Crippen LogP contribution in [-0.2, 0) is 0 Å². The summed E-state index contributed by atoms with van der Waals surface area (Å²) in [7, 11) is 4.52. The highest BCUT2D eigenvalue weighted by atomic mass is 16.5. The number of aromatic nitrogens is 2. The van der Waals surface area contributed by atoms with Crippen molar-refractivity contribution < 1.29 is 9.46 Å². The van der Waals surface area contributed by atoms with Gasteiger partial charge < -0.3 is 30.8 Å². The molecule has 10 heteroatoms. The predicted octanol–water partition coefficient (Wildman–Crippen LogP) is 1.33. The van der Waals surface area contributed by atoms with E-state index >= 15 is 0 Å². The molecule has 0 radical (unpaired) electrons. The first-order valence-electron chi connectivity index (χ1n) is 14.8. The Morgan fingerprint density at radius 1 is 0.650 bits per heavy atom. The molecule has 6 atom stereocenters. The molecule has 2 aromatic rings. The number of nitrogens with one attached hydrogen (secondary N) is 2. The van der Waals surface area contributed by atoms with Crippen molar-refractivity contribution >= 4 is 11.7 Å². The fourth-order valence-electron chi connectivity index (χ4n) is 8.19. The molecule has 0 aliphatic carbocycles. The van der Waals surface area contributed by atoms with Gasteiger partial charge in [-0.3, -0.25) is 9.98 Å². The fraction of sp³-hybridized carbons (Fsp3) is 0.600. The monoisotopic (exact) mass is 544 g/mol. The standard InChI is InChI=1S/2C15H20N4O/c2*1-18-12-2-3-13(18)9-15(8-12)10-16-14(17-15)11-4-6-19(20)7-5-11/h2*4-7,12-13H,2-3,8-10H2,1H3,(H,16,17)/t2*12-,13+,15?. The summed E-state index contributed by atoms with van der Waals surface area (Å²) in [5.41, 5.74) is 2.33. The summed E-state index contributed by atoms with van der Waals surface area (Å²) in [6.45, 7) is 1.74. The predicted molar refractivity (Wildman–Crippen MR) is 153 cm³/mol. The van der Waals surface area contributed by atoms with Crippen LogP contribution in [0.15, 0.2) is 59.0 Å². The third kappa shape index (κ3) is 4.60. The van der Waals surface area contributed by atoms with Crippen molar-refractivity contribution in [1.82, 2.24) is 20.4 Å². The lowest BCUT2D eigenvalue weighted by Gasteiger charge is -2.43.